The van der Waals surface area contributed by atoms with Crippen molar-refractivity contribution < 1.29 is 31.9 Å². The molecule has 0 radical (unpaired) electrons. The minimum atomic E-state index is -3.45. The Balaban J connectivity index is 1.75. The third kappa shape index (κ3) is 8.18. The van der Waals surface area contributed by atoms with Crippen LogP contribution in [0.1, 0.15) is 27.9 Å². The minimum absolute atomic E-state index is 0.123. The van der Waals surface area contributed by atoms with Crippen molar-refractivity contribution in [2.24, 2.45) is 0 Å². The van der Waals surface area contributed by atoms with Gasteiger partial charge in [0.05, 0.1) is 12.1 Å². The predicted molar refractivity (Wildman–Crippen MR) is 152 cm³/mol. The molecule has 0 spiro atoms. The summed E-state index contributed by atoms with van der Waals surface area (Å²) in [5.74, 6) is -3.35. The van der Waals surface area contributed by atoms with Gasteiger partial charge in [0.2, 0.25) is 0 Å². The van der Waals surface area contributed by atoms with E-state index in [-0.39, 0.29) is 17.8 Å². The standard InChI is InChI=1S/C30H27F2N3O5S/c1-41(39,40)15-12-28(30(37)38)34-29(36)26-11-2-20(17-27(26)22-5-9-25(32)10-6-22)16-23(18-35-14-13-33-19-35)21-3-7-24(31)8-4-21/h2-11,13-14,16-17,19,28H,12,15,18H2,1H3,(H,34,36)(H,37,38)/t28-/m0/s1. The zero-order chi connectivity index (χ0) is 29.6. The lowest BCUT2D eigenvalue weighted by molar-refractivity contribution is -0.139. The Bertz CT molecular complexity index is 1670. The lowest BCUT2D eigenvalue weighted by atomic mass is 9.94. The van der Waals surface area contributed by atoms with Crippen molar-refractivity contribution in [1.29, 1.82) is 0 Å². The summed E-state index contributed by atoms with van der Waals surface area (Å²) < 4.78 is 52.3. The van der Waals surface area contributed by atoms with E-state index in [0.29, 0.717) is 23.2 Å². The molecule has 4 aromatic rings. The molecule has 1 heterocycles. The molecule has 8 nitrogen and oxygen atoms in total. The average molecular weight is 580 g/mol. The Kier molecular flexibility index (Phi) is 9.08. The molecule has 0 fully saturated rings. The summed E-state index contributed by atoms with van der Waals surface area (Å²) in [6, 6.07) is 15.0. The van der Waals surface area contributed by atoms with Crippen LogP contribution < -0.4 is 5.32 Å². The van der Waals surface area contributed by atoms with Crippen LogP contribution in [0.5, 0.6) is 0 Å². The first-order chi connectivity index (χ1) is 19.5. The topological polar surface area (TPSA) is 118 Å². The van der Waals surface area contributed by atoms with Gasteiger partial charge in [0, 0.05) is 30.8 Å². The summed E-state index contributed by atoms with van der Waals surface area (Å²) in [6.07, 6.45) is 7.63. The molecule has 0 aliphatic rings. The quantitative estimate of drug-likeness (QED) is 0.249. The van der Waals surface area contributed by atoms with Crippen LogP contribution in [0.3, 0.4) is 0 Å². The third-order valence-electron chi connectivity index (χ3n) is 6.29. The summed E-state index contributed by atoms with van der Waals surface area (Å²) in [4.78, 5) is 29.1. The maximum Gasteiger partial charge on any atom is 0.326 e. The normalized spacial score (nSPS) is 12.6. The molecule has 1 aromatic heterocycles. The van der Waals surface area contributed by atoms with Crippen molar-refractivity contribution in [2.45, 2.75) is 19.0 Å². The van der Waals surface area contributed by atoms with Crippen molar-refractivity contribution in [3.05, 3.63) is 114 Å². The van der Waals surface area contributed by atoms with Crippen LogP contribution in [0.25, 0.3) is 22.8 Å². The van der Waals surface area contributed by atoms with E-state index >= 15 is 0 Å². The number of carboxylic acid groups (broad SMARTS) is 1. The van der Waals surface area contributed by atoms with Crippen molar-refractivity contribution >= 4 is 33.4 Å². The van der Waals surface area contributed by atoms with Gasteiger partial charge in [-0.15, -0.1) is 0 Å². The molecule has 0 unspecified atom stereocenters. The van der Waals surface area contributed by atoms with Crippen molar-refractivity contribution in [3.63, 3.8) is 0 Å². The number of carbonyl (C=O) groups is 2. The van der Waals surface area contributed by atoms with Gasteiger partial charge in [-0.2, -0.15) is 0 Å². The molecule has 0 saturated carbocycles. The number of allylic oxidation sites excluding steroid dienone is 1. The lowest BCUT2D eigenvalue weighted by Gasteiger charge is -2.17. The number of nitrogens with one attached hydrogen (secondary N) is 1. The largest absolute Gasteiger partial charge is 0.480 e. The fraction of sp³-hybridized carbons (Fsp3) is 0.167. The Morgan fingerprint density at radius 1 is 1.02 bits per heavy atom. The van der Waals surface area contributed by atoms with Gasteiger partial charge in [0.25, 0.3) is 5.91 Å². The molecule has 1 atom stereocenters. The van der Waals surface area contributed by atoms with Gasteiger partial charge in [-0.05, 0) is 76.7 Å². The number of aliphatic carboxylic acids is 1. The van der Waals surface area contributed by atoms with E-state index in [1.807, 2.05) is 10.6 Å². The first-order valence-electron chi connectivity index (χ1n) is 12.5. The second kappa shape index (κ2) is 12.7. The van der Waals surface area contributed by atoms with Gasteiger partial charge < -0.3 is 15.0 Å². The van der Waals surface area contributed by atoms with Crippen LogP contribution >= 0.6 is 0 Å². The number of sulfone groups is 1. The molecule has 0 aliphatic heterocycles. The first kappa shape index (κ1) is 29.3. The number of benzene rings is 3. The van der Waals surface area contributed by atoms with E-state index in [1.54, 1.807) is 43.0 Å². The van der Waals surface area contributed by atoms with E-state index in [2.05, 4.69) is 10.3 Å². The molecule has 2 N–H and O–H groups in total. The number of carboxylic acids is 1. The third-order valence-corrected chi connectivity index (χ3v) is 7.27. The van der Waals surface area contributed by atoms with Crippen LogP contribution in [-0.4, -0.2) is 53.0 Å². The van der Waals surface area contributed by atoms with Crippen molar-refractivity contribution in [2.75, 3.05) is 12.0 Å². The van der Waals surface area contributed by atoms with Crippen molar-refractivity contribution in [3.8, 4) is 11.1 Å². The SMILES string of the molecule is CS(=O)(=O)CC[C@H](NC(=O)c1ccc(C=C(Cn2ccnc2)c2ccc(F)cc2)cc1-c1ccc(F)cc1)C(=O)O. The lowest BCUT2D eigenvalue weighted by Crippen LogP contribution is -2.42. The number of carbonyl (C=O) groups excluding carboxylic acids is 1. The van der Waals surface area contributed by atoms with Crippen LogP contribution in [0.2, 0.25) is 0 Å². The summed E-state index contributed by atoms with van der Waals surface area (Å²) in [5.41, 5.74) is 3.29. The highest BCUT2D eigenvalue weighted by Crippen LogP contribution is 2.29. The second-order valence-corrected chi connectivity index (χ2v) is 11.8. The van der Waals surface area contributed by atoms with Crippen LogP contribution in [0.15, 0.2) is 85.5 Å². The highest BCUT2D eigenvalue weighted by molar-refractivity contribution is 7.90. The van der Waals surface area contributed by atoms with E-state index < -0.39 is 39.3 Å². The van der Waals surface area contributed by atoms with Crippen LogP contribution in [-0.2, 0) is 21.2 Å². The van der Waals surface area contributed by atoms with Crippen LogP contribution in [0, 0.1) is 11.6 Å². The Hall–Kier alpha value is -4.64. The monoisotopic (exact) mass is 579 g/mol. The molecule has 1 amide bonds. The van der Waals surface area contributed by atoms with Gasteiger partial charge in [-0.1, -0.05) is 30.3 Å². The highest BCUT2D eigenvalue weighted by atomic mass is 32.2. The van der Waals surface area contributed by atoms with Crippen molar-refractivity contribution in [1.82, 2.24) is 14.9 Å². The number of hydrogen-bond acceptors (Lipinski definition) is 5. The first-order valence-corrected chi connectivity index (χ1v) is 14.6. The second-order valence-electron chi connectivity index (χ2n) is 9.51. The summed E-state index contributed by atoms with van der Waals surface area (Å²) in [7, 11) is -3.45. The molecular weight excluding hydrogens is 552 g/mol. The molecule has 0 aliphatic carbocycles. The zero-order valence-corrected chi connectivity index (χ0v) is 22.8. The maximum atomic E-state index is 13.7. The number of halogens is 2. The number of rotatable bonds is 11. The molecule has 4 rings (SSSR count). The van der Waals surface area contributed by atoms with Gasteiger partial charge in [-0.3, -0.25) is 4.79 Å². The van der Waals surface area contributed by atoms with E-state index in [9.17, 15) is 31.9 Å². The van der Waals surface area contributed by atoms with Gasteiger partial charge in [0.15, 0.2) is 0 Å². The fourth-order valence-electron chi connectivity index (χ4n) is 4.21. The molecular formula is C30H27F2N3O5S. The highest BCUT2D eigenvalue weighted by Gasteiger charge is 2.24. The van der Waals surface area contributed by atoms with Gasteiger partial charge >= 0.3 is 5.97 Å². The summed E-state index contributed by atoms with van der Waals surface area (Å²) >= 11 is 0. The minimum Gasteiger partial charge on any atom is -0.480 e. The number of amides is 1. The Morgan fingerprint density at radius 3 is 2.27 bits per heavy atom. The smallest absolute Gasteiger partial charge is 0.326 e. The number of nitrogens with zero attached hydrogens (tertiary/aromatic N) is 2. The molecule has 11 heteroatoms. The predicted octanol–water partition coefficient (Wildman–Crippen LogP) is 4.69. The Morgan fingerprint density at radius 2 is 1.68 bits per heavy atom. The number of aromatic nitrogens is 2. The number of imidazole rings is 1. The zero-order valence-electron chi connectivity index (χ0n) is 22.0. The van der Waals surface area contributed by atoms with Gasteiger partial charge in [-0.25, -0.2) is 27.0 Å². The molecule has 41 heavy (non-hydrogen) atoms. The molecule has 0 bridgehead atoms. The van der Waals surface area contributed by atoms with Gasteiger partial charge in [0.1, 0.15) is 27.5 Å². The molecule has 212 valence electrons. The average Bonchev–Trinajstić information content (AvgIpc) is 3.44. The Labute approximate surface area is 235 Å². The van der Waals surface area contributed by atoms with Crippen LogP contribution in [0.4, 0.5) is 8.78 Å². The van der Waals surface area contributed by atoms with E-state index in [1.165, 1.54) is 42.5 Å². The molecule has 3 aromatic carbocycles. The number of hydrogen-bond donors (Lipinski definition) is 2. The molecule has 0 saturated heterocycles. The maximum absolute atomic E-state index is 13.7. The summed E-state index contributed by atoms with van der Waals surface area (Å²) in [5, 5.41) is 12.0. The summed E-state index contributed by atoms with van der Waals surface area (Å²) in [6.45, 7) is 0.417. The van der Waals surface area contributed by atoms with E-state index in [0.717, 1.165) is 17.4 Å². The van der Waals surface area contributed by atoms with E-state index in [4.69, 9.17) is 0 Å². The fourth-order valence-corrected chi connectivity index (χ4v) is 4.87.